The first kappa shape index (κ1) is 12.5. The standard InChI is InChI=1S/C4H10N2.C3H8.H3N/c1-2-6-4-3-5-1;1-3-2;/h5-6H,1-4H2;3H2,1-2H3;1H3. The second kappa shape index (κ2) is 11.6. The third-order valence-electron chi connectivity index (χ3n) is 0.957. The van der Waals surface area contributed by atoms with Crippen LogP contribution in [-0.2, 0) is 0 Å². The summed E-state index contributed by atoms with van der Waals surface area (Å²) in [5.41, 5.74) is 0. The zero-order chi connectivity index (χ0) is 6.95. The smallest absolute Gasteiger partial charge is 0.00772 e. The maximum absolute atomic E-state index is 3.22. The van der Waals surface area contributed by atoms with Crippen molar-refractivity contribution in [2.45, 2.75) is 20.3 Å². The van der Waals surface area contributed by atoms with E-state index in [1.807, 2.05) is 0 Å². The molecule has 1 aliphatic heterocycles. The predicted octanol–water partition coefficient (Wildman–Crippen LogP) is 0.758. The van der Waals surface area contributed by atoms with Crippen LogP contribution in [0.1, 0.15) is 20.3 Å². The van der Waals surface area contributed by atoms with E-state index in [1.54, 1.807) is 0 Å². The lowest BCUT2D eigenvalue weighted by Gasteiger charge is -2.11. The Bertz CT molecular complexity index is 32.6. The number of hydrogen-bond acceptors (Lipinski definition) is 3. The maximum Gasteiger partial charge on any atom is 0.00772 e. The van der Waals surface area contributed by atoms with Gasteiger partial charge in [-0.25, -0.2) is 0 Å². The van der Waals surface area contributed by atoms with Crippen molar-refractivity contribution in [1.82, 2.24) is 16.8 Å². The molecule has 0 amide bonds. The van der Waals surface area contributed by atoms with E-state index < -0.39 is 0 Å². The van der Waals surface area contributed by atoms with Crippen molar-refractivity contribution in [2.24, 2.45) is 0 Å². The van der Waals surface area contributed by atoms with Gasteiger partial charge in [0.1, 0.15) is 0 Å². The van der Waals surface area contributed by atoms with Crippen LogP contribution in [0, 0.1) is 0 Å². The van der Waals surface area contributed by atoms with Gasteiger partial charge in [0.05, 0.1) is 0 Å². The molecule has 1 fully saturated rings. The number of hydrogen-bond donors (Lipinski definition) is 3. The molecule has 0 bridgehead atoms. The van der Waals surface area contributed by atoms with Gasteiger partial charge in [0.2, 0.25) is 0 Å². The average Bonchev–Trinajstić information content (AvgIpc) is 1.93. The number of rotatable bonds is 0. The molecular formula is C7H21N3. The molecule has 0 unspecified atom stereocenters. The van der Waals surface area contributed by atoms with Crippen molar-refractivity contribution in [2.75, 3.05) is 26.2 Å². The molecule has 5 N–H and O–H groups in total. The molecule has 0 aliphatic carbocycles. The zero-order valence-corrected chi connectivity index (χ0v) is 7.24. The van der Waals surface area contributed by atoms with Crippen molar-refractivity contribution in [1.29, 1.82) is 0 Å². The molecule has 64 valence electrons. The van der Waals surface area contributed by atoms with Gasteiger partial charge in [-0.2, -0.15) is 0 Å². The lowest BCUT2D eigenvalue weighted by atomic mass is 10.4. The van der Waals surface area contributed by atoms with Gasteiger partial charge < -0.3 is 16.8 Å². The van der Waals surface area contributed by atoms with E-state index in [2.05, 4.69) is 24.5 Å². The first-order valence-corrected chi connectivity index (χ1v) is 3.83. The molecule has 3 nitrogen and oxygen atoms in total. The highest BCUT2D eigenvalue weighted by atomic mass is 15.0. The molecule has 10 heavy (non-hydrogen) atoms. The van der Waals surface area contributed by atoms with E-state index in [0.29, 0.717) is 0 Å². The van der Waals surface area contributed by atoms with Gasteiger partial charge in [-0.15, -0.1) is 0 Å². The van der Waals surface area contributed by atoms with Crippen molar-refractivity contribution in [3.05, 3.63) is 0 Å². The SMILES string of the molecule is C1CNCCN1.CCC.N. The first-order valence-electron chi connectivity index (χ1n) is 3.83. The fourth-order valence-electron chi connectivity index (χ4n) is 0.604. The summed E-state index contributed by atoms with van der Waals surface area (Å²) in [6.45, 7) is 8.81. The molecule has 1 rings (SSSR count). The molecule has 0 aromatic heterocycles. The van der Waals surface area contributed by atoms with Crippen LogP contribution in [0.3, 0.4) is 0 Å². The van der Waals surface area contributed by atoms with Crippen LogP contribution >= 0.6 is 0 Å². The van der Waals surface area contributed by atoms with Crippen LogP contribution in [0.15, 0.2) is 0 Å². The summed E-state index contributed by atoms with van der Waals surface area (Å²) in [4.78, 5) is 0. The van der Waals surface area contributed by atoms with Gasteiger partial charge in [0, 0.05) is 26.2 Å². The van der Waals surface area contributed by atoms with Gasteiger partial charge in [-0.3, -0.25) is 0 Å². The summed E-state index contributed by atoms with van der Waals surface area (Å²) in [7, 11) is 0. The maximum atomic E-state index is 3.22. The molecule has 0 atom stereocenters. The van der Waals surface area contributed by atoms with E-state index in [-0.39, 0.29) is 6.15 Å². The monoisotopic (exact) mass is 147 g/mol. The Kier molecular flexibility index (Phi) is 14.6. The Morgan fingerprint density at radius 1 is 0.900 bits per heavy atom. The minimum absolute atomic E-state index is 0. The van der Waals surface area contributed by atoms with E-state index in [1.165, 1.54) is 6.42 Å². The van der Waals surface area contributed by atoms with E-state index >= 15 is 0 Å². The van der Waals surface area contributed by atoms with Gasteiger partial charge in [-0.05, 0) is 0 Å². The number of nitrogens with one attached hydrogen (secondary N) is 2. The Morgan fingerprint density at radius 3 is 1.20 bits per heavy atom. The topological polar surface area (TPSA) is 59.1 Å². The van der Waals surface area contributed by atoms with Gasteiger partial charge in [0.15, 0.2) is 0 Å². The quantitative estimate of drug-likeness (QED) is 0.474. The lowest BCUT2D eigenvalue weighted by Crippen LogP contribution is -2.39. The Balaban J connectivity index is 0. The van der Waals surface area contributed by atoms with Crippen LogP contribution in [0.25, 0.3) is 0 Å². The fourth-order valence-corrected chi connectivity index (χ4v) is 0.604. The molecule has 0 aromatic rings. The van der Waals surface area contributed by atoms with Crippen molar-refractivity contribution >= 4 is 0 Å². The van der Waals surface area contributed by atoms with Crippen LogP contribution < -0.4 is 16.8 Å². The van der Waals surface area contributed by atoms with Crippen molar-refractivity contribution < 1.29 is 0 Å². The summed E-state index contributed by atoms with van der Waals surface area (Å²) in [6.07, 6.45) is 1.25. The molecule has 3 heteroatoms. The summed E-state index contributed by atoms with van der Waals surface area (Å²) >= 11 is 0. The van der Waals surface area contributed by atoms with Crippen LogP contribution in [0.4, 0.5) is 0 Å². The molecule has 0 aromatic carbocycles. The summed E-state index contributed by atoms with van der Waals surface area (Å²) in [6, 6.07) is 0. The predicted molar refractivity (Wildman–Crippen MR) is 46.7 cm³/mol. The molecule has 0 spiro atoms. The molecule has 0 saturated carbocycles. The molecule has 0 radical (unpaired) electrons. The van der Waals surface area contributed by atoms with E-state index in [0.717, 1.165) is 26.2 Å². The number of piperazine rings is 1. The Morgan fingerprint density at radius 2 is 1.10 bits per heavy atom. The summed E-state index contributed by atoms with van der Waals surface area (Å²) in [5, 5.41) is 6.44. The molecule has 1 aliphatic rings. The lowest BCUT2D eigenvalue weighted by molar-refractivity contribution is 0.534. The third-order valence-corrected chi connectivity index (χ3v) is 0.957. The minimum Gasteiger partial charge on any atom is -0.344 e. The second-order valence-electron chi connectivity index (χ2n) is 2.21. The highest BCUT2D eigenvalue weighted by Crippen LogP contribution is 1.65. The summed E-state index contributed by atoms with van der Waals surface area (Å²) < 4.78 is 0. The van der Waals surface area contributed by atoms with Crippen molar-refractivity contribution in [3.8, 4) is 0 Å². The van der Waals surface area contributed by atoms with Crippen molar-refractivity contribution in [3.63, 3.8) is 0 Å². The average molecular weight is 147 g/mol. The highest BCUT2D eigenvalue weighted by molar-refractivity contribution is 4.59. The third kappa shape index (κ3) is 10.8. The Hall–Kier alpha value is -0.120. The second-order valence-corrected chi connectivity index (χ2v) is 2.21. The zero-order valence-electron chi connectivity index (χ0n) is 7.24. The first-order chi connectivity index (χ1) is 4.41. The largest absolute Gasteiger partial charge is 0.344 e. The normalized spacial score (nSPS) is 16.2. The van der Waals surface area contributed by atoms with Crippen LogP contribution in [0.2, 0.25) is 0 Å². The van der Waals surface area contributed by atoms with E-state index in [9.17, 15) is 0 Å². The molecule has 1 heterocycles. The van der Waals surface area contributed by atoms with Gasteiger partial charge in [-0.1, -0.05) is 20.3 Å². The van der Waals surface area contributed by atoms with Crippen LogP contribution in [0.5, 0.6) is 0 Å². The van der Waals surface area contributed by atoms with Crippen LogP contribution in [-0.4, -0.2) is 26.2 Å². The highest BCUT2D eigenvalue weighted by Gasteiger charge is 1.91. The molecular weight excluding hydrogens is 126 g/mol. The fraction of sp³-hybridized carbons (Fsp3) is 1.00. The van der Waals surface area contributed by atoms with Gasteiger partial charge >= 0.3 is 0 Å². The Labute approximate surface area is 64.2 Å². The molecule has 1 saturated heterocycles. The minimum atomic E-state index is 0. The summed E-state index contributed by atoms with van der Waals surface area (Å²) in [5.74, 6) is 0. The van der Waals surface area contributed by atoms with Gasteiger partial charge in [0.25, 0.3) is 0 Å². The van der Waals surface area contributed by atoms with E-state index in [4.69, 9.17) is 0 Å².